The second-order valence-corrected chi connectivity index (χ2v) is 6.70. The molecule has 0 aliphatic carbocycles. The number of nitrogens with two attached hydrogens (primary N) is 1. The summed E-state index contributed by atoms with van der Waals surface area (Å²) in [5.74, 6) is 0. The van der Waals surface area contributed by atoms with Crippen LogP contribution in [0.2, 0.25) is 0 Å². The van der Waals surface area contributed by atoms with E-state index in [1.165, 1.54) is 11.1 Å². The molecule has 0 amide bonds. The standard InChI is InChI=1S/C14H13N.C7H9N.C7H8O.H3N/c1-3-7-13(8-4-1)11-15-12-14-9-5-2-6-10-14;2*8-6-7-4-2-1-3-5-7;/h1-11H,12H2;1-5H,6,8H2;1-5,8H,6H2;1H3. The Morgan fingerprint density at radius 1 is 0.594 bits per heavy atom. The molecule has 0 radical (unpaired) electrons. The molecule has 0 heterocycles. The van der Waals surface area contributed by atoms with Crippen LogP contribution < -0.4 is 11.9 Å². The molecule has 0 bridgehead atoms. The van der Waals surface area contributed by atoms with E-state index in [1.54, 1.807) is 0 Å². The van der Waals surface area contributed by atoms with Crippen LogP contribution in [0.5, 0.6) is 0 Å². The van der Waals surface area contributed by atoms with Gasteiger partial charge in [0.1, 0.15) is 0 Å². The summed E-state index contributed by atoms with van der Waals surface area (Å²) >= 11 is 0. The van der Waals surface area contributed by atoms with E-state index in [4.69, 9.17) is 10.8 Å². The maximum Gasteiger partial charge on any atom is 0.0681 e. The van der Waals surface area contributed by atoms with Gasteiger partial charge in [0.15, 0.2) is 0 Å². The quantitative estimate of drug-likeness (QED) is 0.352. The van der Waals surface area contributed by atoms with Crippen molar-refractivity contribution < 1.29 is 5.11 Å². The number of aliphatic hydroxyl groups excluding tert-OH is 1. The second kappa shape index (κ2) is 17.1. The van der Waals surface area contributed by atoms with Crippen LogP contribution in [0.3, 0.4) is 0 Å². The van der Waals surface area contributed by atoms with Gasteiger partial charge in [-0.15, -0.1) is 0 Å². The van der Waals surface area contributed by atoms with Crippen molar-refractivity contribution >= 4 is 6.21 Å². The number of hydrogen-bond acceptors (Lipinski definition) is 4. The largest absolute Gasteiger partial charge is 0.392 e. The molecule has 0 aliphatic heterocycles. The van der Waals surface area contributed by atoms with Crippen LogP contribution >= 0.6 is 0 Å². The van der Waals surface area contributed by atoms with Gasteiger partial charge in [0.25, 0.3) is 0 Å². The molecular weight excluding hydrogens is 394 g/mol. The molecule has 6 N–H and O–H groups in total. The summed E-state index contributed by atoms with van der Waals surface area (Å²) in [5, 5.41) is 8.54. The highest BCUT2D eigenvalue weighted by atomic mass is 16.3. The Morgan fingerprint density at radius 2 is 1.00 bits per heavy atom. The molecule has 0 atom stereocenters. The Bertz CT molecular complexity index is 921. The summed E-state index contributed by atoms with van der Waals surface area (Å²) in [5.41, 5.74) is 9.89. The van der Waals surface area contributed by atoms with Crippen molar-refractivity contribution in [1.82, 2.24) is 6.15 Å². The van der Waals surface area contributed by atoms with Gasteiger partial charge in [-0.05, 0) is 22.3 Å². The number of hydrogen-bond donors (Lipinski definition) is 3. The summed E-state index contributed by atoms with van der Waals surface area (Å²) in [4.78, 5) is 4.39. The fourth-order valence-electron chi connectivity index (χ4n) is 2.58. The maximum absolute atomic E-state index is 8.54. The van der Waals surface area contributed by atoms with Gasteiger partial charge in [-0.1, -0.05) is 121 Å². The second-order valence-electron chi connectivity index (χ2n) is 6.70. The van der Waals surface area contributed by atoms with Gasteiger partial charge >= 0.3 is 0 Å². The van der Waals surface area contributed by atoms with E-state index in [9.17, 15) is 0 Å². The molecular formula is C28H33N3O. The highest BCUT2D eigenvalue weighted by molar-refractivity contribution is 5.79. The maximum atomic E-state index is 8.54. The molecule has 4 nitrogen and oxygen atoms in total. The van der Waals surface area contributed by atoms with Crippen molar-refractivity contribution in [3.8, 4) is 0 Å². The first kappa shape index (κ1) is 26.5. The van der Waals surface area contributed by atoms with E-state index < -0.39 is 0 Å². The third-order valence-electron chi connectivity index (χ3n) is 4.26. The molecule has 166 valence electrons. The summed E-state index contributed by atoms with van der Waals surface area (Å²) in [6, 6.07) is 39.9. The molecule has 0 saturated carbocycles. The third kappa shape index (κ3) is 11.6. The van der Waals surface area contributed by atoms with Crippen LogP contribution in [0.1, 0.15) is 22.3 Å². The lowest BCUT2D eigenvalue weighted by Gasteiger charge is -1.94. The van der Waals surface area contributed by atoms with E-state index >= 15 is 0 Å². The van der Waals surface area contributed by atoms with E-state index in [-0.39, 0.29) is 12.8 Å². The summed E-state index contributed by atoms with van der Waals surface area (Å²) < 4.78 is 0. The first-order valence-corrected chi connectivity index (χ1v) is 10.3. The van der Waals surface area contributed by atoms with Crippen LogP contribution in [0.25, 0.3) is 0 Å². The fraction of sp³-hybridized carbons (Fsp3) is 0.107. The van der Waals surface area contributed by atoms with Crippen LogP contribution in [-0.4, -0.2) is 11.3 Å². The van der Waals surface area contributed by atoms with Crippen LogP contribution in [0.4, 0.5) is 0 Å². The molecule has 0 aliphatic rings. The van der Waals surface area contributed by atoms with Gasteiger partial charge in [0.2, 0.25) is 0 Å². The lowest BCUT2D eigenvalue weighted by atomic mass is 10.2. The minimum atomic E-state index is 0. The van der Waals surface area contributed by atoms with Crippen molar-refractivity contribution in [2.75, 3.05) is 0 Å². The van der Waals surface area contributed by atoms with Crippen molar-refractivity contribution in [2.45, 2.75) is 19.7 Å². The average molecular weight is 428 g/mol. The van der Waals surface area contributed by atoms with Crippen molar-refractivity contribution in [3.05, 3.63) is 144 Å². The molecule has 0 unspecified atom stereocenters. The number of benzene rings is 4. The lowest BCUT2D eigenvalue weighted by molar-refractivity contribution is 0.282. The molecule has 4 aromatic carbocycles. The Balaban J connectivity index is 0.000000257. The zero-order valence-corrected chi connectivity index (χ0v) is 18.4. The summed E-state index contributed by atoms with van der Waals surface area (Å²) in [7, 11) is 0. The Labute approximate surface area is 191 Å². The first-order valence-electron chi connectivity index (χ1n) is 10.3. The predicted molar refractivity (Wildman–Crippen MR) is 136 cm³/mol. The molecule has 4 rings (SSSR count). The van der Waals surface area contributed by atoms with Crippen molar-refractivity contribution in [2.24, 2.45) is 10.7 Å². The number of rotatable bonds is 5. The lowest BCUT2D eigenvalue weighted by Crippen LogP contribution is -1.94. The van der Waals surface area contributed by atoms with Gasteiger partial charge < -0.3 is 17.0 Å². The summed E-state index contributed by atoms with van der Waals surface area (Å²) in [6.45, 7) is 1.53. The molecule has 4 aromatic rings. The molecule has 0 aromatic heterocycles. The van der Waals surface area contributed by atoms with E-state index in [2.05, 4.69) is 29.3 Å². The van der Waals surface area contributed by atoms with E-state index in [0.29, 0.717) is 6.54 Å². The highest BCUT2D eigenvalue weighted by Gasteiger charge is 1.87. The smallest absolute Gasteiger partial charge is 0.0681 e. The van der Waals surface area contributed by atoms with Crippen LogP contribution in [0, 0.1) is 0 Å². The summed E-state index contributed by atoms with van der Waals surface area (Å²) in [6.07, 6.45) is 1.91. The zero-order chi connectivity index (χ0) is 22.0. The Kier molecular flexibility index (Phi) is 14.2. The normalized spacial score (nSPS) is 9.56. The molecule has 0 fully saturated rings. The number of aliphatic imine (C=N–C) groups is 1. The minimum absolute atomic E-state index is 0. The number of nitrogens with zero attached hydrogens (tertiary/aromatic N) is 1. The SMILES string of the molecule is C(=NCc1ccccc1)c1ccccc1.N.NCc1ccccc1.OCc1ccccc1. The molecule has 0 saturated heterocycles. The van der Waals surface area contributed by atoms with Gasteiger partial charge in [-0.2, -0.15) is 0 Å². The monoisotopic (exact) mass is 427 g/mol. The zero-order valence-electron chi connectivity index (χ0n) is 18.4. The van der Waals surface area contributed by atoms with Crippen LogP contribution in [-0.2, 0) is 19.7 Å². The first-order chi connectivity index (χ1) is 15.3. The van der Waals surface area contributed by atoms with Gasteiger partial charge in [0, 0.05) is 12.8 Å². The molecule has 4 heteroatoms. The topological polar surface area (TPSA) is 93.6 Å². The molecule has 0 spiro atoms. The van der Waals surface area contributed by atoms with Crippen molar-refractivity contribution in [1.29, 1.82) is 0 Å². The van der Waals surface area contributed by atoms with Gasteiger partial charge in [-0.3, -0.25) is 4.99 Å². The highest BCUT2D eigenvalue weighted by Crippen LogP contribution is 2.01. The van der Waals surface area contributed by atoms with E-state index in [1.807, 2.05) is 103 Å². The molecule has 32 heavy (non-hydrogen) atoms. The van der Waals surface area contributed by atoms with E-state index in [0.717, 1.165) is 17.7 Å². The minimum Gasteiger partial charge on any atom is -0.392 e. The van der Waals surface area contributed by atoms with Crippen LogP contribution in [0.15, 0.2) is 126 Å². The Morgan fingerprint density at radius 3 is 1.38 bits per heavy atom. The van der Waals surface area contributed by atoms with Crippen molar-refractivity contribution in [3.63, 3.8) is 0 Å². The van der Waals surface area contributed by atoms with Gasteiger partial charge in [-0.25, -0.2) is 0 Å². The Hall–Kier alpha value is -3.57. The average Bonchev–Trinajstić information content (AvgIpc) is 2.87. The fourth-order valence-corrected chi connectivity index (χ4v) is 2.58. The third-order valence-corrected chi connectivity index (χ3v) is 4.26. The van der Waals surface area contributed by atoms with Gasteiger partial charge in [0.05, 0.1) is 13.2 Å². The predicted octanol–water partition coefficient (Wildman–Crippen LogP) is 5.79. The number of aliphatic hydroxyl groups is 1.